The van der Waals surface area contributed by atoms with Gasteiger partial charge in [0.15, 0.2) is 0 Å². The van der Waals surface area contributed by atoms with Crippen LogP contribution in [0.15, 0.2) is 24.1 Å². The fourth-order valence-electron chi connectivity index (χ4n) is 1.43. The molecular weight excluding hydrogens is 154 g/mol. The normalized spacial score (nSPS) is 23.3. The van der Waals surface area contributed by atoms with Crippen LogP contribution in [-0.4, -0.2) is 37.8 Å². The van der Waals surface area contributed by atoms with Crippen LogP contribution in [0.1, 0.15) is 0 Å². The van der Waals surface area contributed by atoms with Crippen molar-refractivity contribution in [3.05, 3.63) is 24.1 Å². The first kappa shape index (κ1) is 7.68. The van der Waals surface area contributed by atoms with E-state index in [-0.39, 0.29) is 0 Å². The van der Waals surface area contributed by atoms with Crippen LogP contribution in [0.25, 0.3) is 0 Å². The van der Waals surface area contributed by atoms with Gasteiger partial charge in [0, 0.05) is 13.1 Å². The van der Waals surface area contributed by atoms with E-state index in [1.165, 1.54) is 5.70 Å². The molecule has 66 valence electrons. The molecule has 0 amide bonds. The van der Waals surface area contributed by atoms with Gasteiger partial charge in [-0.1, -0.05) is 0 Å². The molecule has 3 heteroatoms. The number of rotatable bonds is 1. The zero-order valence-corrected chi connectivity index (χ0v) is 7.03. The van der Waals surface area contributed by atoms with Gasteiger partial charge in [-0.05, 0) is 12.2 Å². The third kappa shape index (κ3) is 1.61. The van der Waals surface area contributed by atoms with Crippen LogP contribution in [0.2, 0.25) is 0 Å². The molecule has 1 fully saturated rings. The molecule has 2 aliphatic rings. The quantitative estimate of drug-likeness (QED) is 0.575. The van der Waals surface area contributed by atoms with E-state index in [9.17, 15) is 0 Å². The van der Waals surface area contributed by atoms with Crippen molar-refractivity contribution in [1.82, 2.24) is 4.90 Å². The molecule has 0 aromatic carbocycles. The fourth-order valence-corrected chi connectivity index (χ4v) is 1.43. The summed E-state index contributed by atoms with van der Waals surface area (Å²) in [7, 11) is 0. The molecular formula is C9H13NO2. The average Bonchev–Trinajstić information content (AvgIpc) is 2.21. The van der Waals surface area contributed by atoms with E-state index < -0.39 is 0 Å². The lowest BCUT2D eigenvalue weighted by Crippen LogP contribution is -2.37. The Morgan fingerprint density at radius 3 is 2.75 bits per heavy atom. The second kappa shape index (κ2) is 3.63. The lowest BCUT2D eigenvalue weighted by molar-refractivity contribution is 0.0468. The molecule has 0 radical (unpaired) electrons. The molecule has 0 unspecified atom stereocenters. The van der Waals surface area contributed by atoms with Gasteiger partial charge < -0.3 is 14.4 Å². The van der Waals surface area contributed by atoms with Gasteiger partial charge in [0.2, 0.25) is 0 Å². The molecule has 0 N–H and O–H groups in total. The van der Waals surface area contributed by atoms with Gasteiger partial charge in [-0.2, -0.15) is 0 Å². The number of hydrogen-bond donors (Lipinski definition) is 0. The Morgan fingerprint density at radius 2 is 2.08 bits per heavy atom. The maximum absolute atomic E-state index is 5.26. The van der Waals surface area contributed by atoms with E-state index in [0.717, 1.165) is 26.3 Å². The Hall–Kier alpha value is -0.960. The third-order valence-corrected chi connectivity index (χ3v) is 2.11. The highest BCUT2D eigenvalue weighted by Gasteiger charge is 2.13. The second-order valence-corrected chi connectivity index (χ2v) is 2.90. The van der Waals surface area contributed by atoms with Gasteiger partial charge >= 0.3 is 0 Å². The van der Waals surface area contributed by atoms with E-state index in [0.29, 0.717) is 6.61 Å². The van der Waals surface area contributed by atoms with Crippen molar-refractivity contribution in [2.24, 2.45) is 0 Å². The SMILES string of the molecule is C1=COCC(N2CCOCC2)=C1. The molecule has 0 bridgehead atoms. The molecule has 0 aromatic heterocycles. The van der Waals surface area contributed by atoms with Crippen molar-refractivity contribution in [2.45, 2.75) is 0 Å². The minimum absolute atomic E-state index is 0.705. The van der Waals surface area contributed by atoms with E-state index >= 15 is 0 Å². The van der Waals surface area contributed by atoms with Crippen molar-refractivity contribution in [3.63, 3.8) is 0 Å². The van der Waals surface area contributed by atoms with Crippen molar-refractivity contribution in [2.75, 3.05) is 32.9 Å². The second-order valence-electron chi connectivity index (χ2n) is 2.90. The summed E-state index contributed by atoms with van der Waals surface area (Å²) in [4.78, 5) is 2.31. The summed E-state index contributed by atoms with van der Waals surface area (Å²) in [6.07, 6.45) is 5.77. The van der Waals surface area contributed by atoms with Gasteiger partial charge in [-0.25, -0.2) is 0 Å². The maximum atomic E-state index is 5.26. The predicted octanol–water partition coefficient (Wildman–Crippen LogP) is 0.746. The zero-order valence-electron chi connectivity index (χ0n) is 7.03. The smallest absolute Gasteiger partial charge is 0.127 e. The molecule has 12 heavy (non-hydrogen) atoms. The van der Waals surface area contributed by atoms with Gasteiger partial charge in [-0.3, -0.25) is 0 Å². The molecule has 3 nitrogen and oxygen atoms in total. The van der Waals surface area contributed by atoms with Crippen LogP contribution in [0.4, 0.5) is 0 Å². The highest BCUT2D eigenvalue weighted by Crippen LogP contribution is 2.11. The lowest BCUT2D eigenvalue weighted by Gasteiger charge is -2.31. The average molecular weight is 167 g/mol. The summed E-state index contributed by atoms with van der Waals surface area (Å²) in [6.45, 7) is 4.35. The Kier molecular flexibility index (Phi) is 2.32. The van der Waals surface area contributed by atoms with Gasteiger partial charge in [-0.15, -0.1) is 0 Å². The van der Waals surface area contributed by atoms with Gasteiger partial charge in [0.25, 0.3) is 0 Å². The maximum Gasteiger partial charge on any atom is 0.127 e. The highest BCUT2D eigenvalue weighted by atomic mass is 16.5. The first-order valence-electron chi connectivity index (χ1n) is 4.27. The molecule has 0 aliphatic carbocycles. The Balaban J connectivity index is 1.97. The molecule has 0 spiro atoms. The van der Waals surface area contributed by atoms with Crippen LogP contribution >= 0.6 is 0 Å². The zero-order chi connectivity index (χ0) is 8.23. The van der Waals surface area contributed by atoms with E-state index in [2.05, 4.69) is 11.0 Å². The highest BCUT2D eigenvalue weighted by molar-refractivity contribution is 5.14. The van der Waals surface area contributed by atoms with E-state index in [1.54, 1.807) is 6.26 Å². The Bertz CT molecular complexity index is 205. The largest absolute Gasteiger partial charge is 0.495 e. The minimum Gasteiger partial charge on any atom is -0.495 e. The standard InChI is InChI=1S/C9H13NO2/c1-2-9(8-12-5-1)10-3-6-11-7-4-10/h1-2,5H,3-4,6-8H2. The fraction of sp³-hybridized carbons (Fsp3) is 0.556. The van der Waals surface area contributed by atoms with Crippen LogP contribution in [0.3, 0.4) is 0 Å². The summed E-state index contributed by atoms with van der Waals surface area (Å²) >= 11 is 0. The van der Waals surface area contributed by atoms with Crippen LogP contribution in [-0.2, 0) is 9.47 Å². The van der Waals surface area contributed by atoms with Crippen molar-refractivity contribution in [3.8, 4) is 0 Å². The number of morpholine rings is 1. The lowest BCUT2D eigenvalue weighted by atomic mass is 10.3. The first-order chi connectivity index (χ1) is 5.97. The number of nitrogens with zero attached hydrogens (tertiary/aromatic N) is 1. The van der Waals surface area contributed by atoms with Crippen LogP contribution in [0, 0.1) is 0 Å². The van der Waals surface area contributed by atoms with E-state index in [1.807, 2.05) is 6.08 Å². The Morgan fingerprint density at radius 1 is 1.25 bits per heavy atom. The number of ether oxygens (including phenoxy) is 2. The van der Waals surface area contributed by atoms with Crippen molar-refractivity contribution in [1.29, 1.82) is 0 Å². The predicted molar refractivity (Wildman–Crippen MR) is 45.6 cm³/mol. The summed E-state index contributed by atoms with van der Waals surface area (Å²) in [6, 6.07) is 0. The third-order valence-electron chi connectivity index (χ3n) is 2.11. The summed E-state index contributed by atoms with van der Waals surface area (Å²) in [5, 5.41) is 0. The van der Waals surface area contributed by atoms with Crippen molar-refractivity contribution < 1.29 is 9.47 Å². The van der Waals surface area contributed by atoms with Crippen LogP contribution in [0.5, 0.6) is 0 Å². The molecule has 0 saturated carbocycles. The summed E-state index contributed by atoms with van der Waals surface area (Å²) in [5.74, 6) is 0. The number of allylic oxidation sites excluding steroid dienone is 2. The molecule has 0 atom stereocenters. The number of hydrogen-bond acceptors (Lipinski definition) is 3. The molecule has 0 aromatic rings. The van der Waals surface area contributed by atoms with Crippen molar-refractivity contribution >= 4 is 0 Å². The Labute approximate surface area is 72.3 Å². The monoisotopic (exact) mass is 167 g/mol. The van der Waals surface area contributed by atoms with Crippen LogP contribution < -0.4 is 0 Å². The molecule has 2 heterocycles. The summed E-state index contributed by atoms with van der Waals surface area (Å²) in [5.41, 5.74) is 1.26. The molecule has 1 saturated heterocycles. The first-order valence-corrected chi connectivity index (χ1v) is 4.27. The molecule has 2 aliphatic heterocycles. The van der Waals surface area contributed by atoms with E-state index in [4.69, 9.17) is 9.47 Å². The molecule has 2 rings (SSSR count). The van der Waals surface area contributed by atoms with Gasteiger partial charge in [0.1, 0.15) is 6.61 Å². The van der Waals surface area contributed by atoms with Gasteiger partial charge in [0.05, 0.1) is 25.2 Å². The topological polar surface area (TPSA) is 21.7 Å². The summed E-state index contributed by atoms with van der Waals surface area (Å²) < 4.78 is 10.5. The minimum atomic E-state index is 0.705.